The van der Waals surface area contributed by atoms with E-state index in [1.54, 1.807) is 0 Å². The summed E-state index contributed by atoms with van der Waals surface area (Å²) < 4.78 is 0. The molecule has 0 spiro atoms. The van der Waals surface area contributed by atoms with Crippen LogP contribution in [0.4, 0.5) is 0 Å². The first kappa shape index (κ1) is 14.1. The van der Waals surface area contributed by atoms with Crippen molar-refractivity contribution in [2.45, 2.75) is 51.6 Å². The van der Waals surface area contributed by atoms with Crippen molar-refractivity contribution in [1.29, 1.82) is 0 Å². The summed E-state index contributed by atoms with van der Waals surface area (Å²) in [5.41, 5.74) is 8.22. The van der Waals surface area contributed by atoms with E-state index in [1.807, 2.05) is 0 Å². The van der Waals surface area contributed by atoms with Crippen LogP contribution in [0.1, 0.15) is 44.2 Å². The Balaban J connectivity index is 1.91. The van der Waals surface area contributed by atoms with Crippen molar-refractivity contribution < 1.29 is 5.11 Å². The molecule has 0 aromatic heterocycles. The minimum Gasteiger partial charge on any atom is -0.389 e. The molecule has 0 aliphatic heterocycles. The number of hydrogen-bond donors (Lipinski definition) is 2. The average molecular weight is 273 g/mol. The molecule has 0 heterocycles. The van der Waals surface area contributed by atoms with E-state index in [-0.39, 0.29) is 5.41 Å². The number of fused-ring (bicyclic) bond motifs is 1. The lowest BCUT2D eigenvalue weighted by Crippen LogP contribution is -2.56. The summed E-state index contributed by atoms with van der Waals surface area (Å²) in [6.45, 7) is 5.17. The van der Waals surface area contributed by atoms with E-state index < -0.39 is 5.60 Å². The summed E-state index contributed by atoms with van der Waals surface area (Å²) in [6.07, 6.45) is 4.81. The van der Waals surface area contributed by atoms with Crippen LogP contribution < -0.4 is 5.73 Å². The predicted octanol–water partition coefficient (Wildman–Crippen LogP) is 2.92. The van der Waals surface area contributed by atoms with Crippen molar-refractivity contribution in [3.05, 3.63) is 35.4 Å². The molecule has 2 heteroatoms. The molecule has 3 unspecified atom stereocenters. The molecule has 3 N–H and O–H groups in total. The molecule has 0 radical (unpaired) electrons. The molecule has 3 atom stereocenters. The SMILES string of the molecule is CC1CCC(O)(C2(CN)Cc3ccccc3C2)CC1C. The lowest BCUT2D eigenvalue weighted by atomic mass is 9.59. The first-order valence-electron chi connectivity index (χ1n) is 7.99. The zero-order chi connectivity index (χ0) is 14.4. The van der Waals surface area contributed by atoms with Gasteiger partial charge in [-0.2, -0.15) is 0 Å². The number of aliphatic hydroxyl groups is 1. The second-order valence-corrected chi connectivity index (χ2v) is 7.34. The molecule has 1 aromatic carbocycles. The van der Waals surface area contributed by atoms with Gasteiger partial charge in [0.25, 0.3) is 0 Å². The lowest BCUT2D eigenvalue weighted by molar-refractivity contribution is -0.121. The highest BCUT2D eigenvalue weighted by Crippen LogP contribution is 2.52. The molecule has 2 aliphatic rings. The summed E-state index contributed by atoms with van der Waals surface area (Å²) in [6, 6.07) is 8.60. The predicted molar refractivity (Wildman–Crippen MR) is 82.5 cm³/mol. The molecule has 110 valence electrons. The summed E-state index contributed by atoms with van der Waals surface area (Å²) in [5, 5.41) is 11.4. The van der Waals surface area contributed by atoms with Gasteiger partial charge in [0.15, 0.2) is 0 Å². The highest BCUT2D eigenvalue weighted by molar-refractivity contribution is 5.36. The zero-order valence-corrected chi connectivity index (χ0v) is 12.7. The van der Waals surface area contributed by atoms with Gasteiger partial charge in [0, 0.05) is 12.0 Å². The van der Waals surface area contributed by atoms with Crippen LogP contribution in [0.25, 0.3) is 0 Å². The van der Waals surface area contributed by atoms with Gasteiger partial charge in [-0.3, -0.25) is 0 Å². The lowest BCUT2D eigenvalue weighted by Gasteiger charge is -2.50. The number of rotatable bonds is 2. The summed E-state index contributed by atoms with van der Waals surface area (Å²) in [4.78, 5) is 0. The van der Waals surface area contributed by atoms with E-state index >= 15 is 0 Å². The molecule has 1 fully saturated rings. The Morgan fingerprint density at radius 3 is 2.25 bits per heavy atom. The molecular formula is C18H27NO. The van der Waals surface area contributed by atoms with Crippen molar-refractivity contribution >= 4 is 0 Å². The van der Waals surface area contributed by atoms with E-state index in [2.05, 4.69) is 38.1 Å². The molecule has 1 saturated carbocycles. The first-order chi connectivity index (χ1) is 9.50. The Bertz CT molecular complexity index is 473. The molecule has 3 rings (SSSR count). The Morgan fingerprint density at radius 2 is 1.75 bits per heavy atom. The fourth-order valence-corrected chi connectivity index (χ4v) is 4.43. The van der Waals surface area contributed by atoms with E-state index in [0.29, 0.717) is 18.4 Å². The highest BCUT2D eigenvalue weighted by Gasteiger charge is 2.54. The average Bonchev–Trinajstić information content (AvgIpc) is 2.84. The maximum absolute atomic E-state index is 11.4. The second kappa shape index (κ2) is 4.85. The third-order valence-electron chi connectivity index (χ3n) is 6.20. The van der Waals surface area contributed by atoms with E-state index in [4.69, 9.17) is 5.73 Å². The Hall–Kier alpha value is -0.860. The van der Waals surface area contributed by atoms with Gasteiger partial charge in [-0.25, -0.2) is 0 Å². The molecule has 2 nitrogen and oxygen atoms in total. The maximum atomic E-state index is 11.4. The third-order valence-corrected chi connectivity index (χ3v) is 6.20. The second-order valence-electron chi connectivity index (χ2n) is 7.34. The van der Waals surface area contributed by atoms with Crippen molar-refractivity contribution in [1.82, 2.24) is 0 Å². The Labute approximate surface area is 122 Å². The summed E-state index contributed by atoms with van der Waals surface area (Å²) in [7, 11) is 0. The van der Waals surface area contributed by atoms with Crippen molar-refractivity contribution in [3.8, 4) is 0 Å². The van der Waals surface area contributed by atoms with Gasteiger partial charge in [0.1, 0.15) is 0 Å². The van der Waals surface area contributed by atoms with E-state index in [1.165, 1.54) is 11.1 Å². The normalized spacial score (nSPS) is 35.8. The zero-order valence-electron chi connectivity index (χ0n) is 12.7. The number of benzene rings is 1. The largest absolute Gasteiger partial charge is 0.389 e. The monoisotopic (exact) mass is 273 g/mol. The highest BCUT2D eigenvalue weighted by atomic mass is 16.3. The molecule has 0 amide bonds. The van der Waals surface area contributed by atoms with Gasteiger partial charge in [-0.15, -0.1) is 0 Å². The van der Waals surface area contributed by atoms with Crippen LogP contribution in [-0.4, -0.2) is 17.3 Å². The number of hydrogen-bond acceptors (Lipinski definition) is 2. The fraction of sp³-hybridized carbons (Fsp3) is 0.667. The number of nitrogens with two attached hydrogens (primary N) is 1. The van der Waals surface area contributed by atoms with Crippen LogP contribution in [0.2, 0.25) is 0 Å². The Morgan fingerprint density at radius 1 is 1.15 bits per heavy atom. The Kier molecular flexibility index (Phi) is 3.42. The summed E-state index contributed by atoms with van der Waals surface area (Å²) >= 11 is 0. The smallest absolute Gasteiger partial charge is 0.0724 e. The van der Waals surface area contributed by atoms with Gasteiger partial charge < -0.3 is 10.8 Å². The quantitative estimate of drug-likeness (QED) is 0.870. The molecule has 1 aromatic rings. The van der Waals surface area contributed by atoms with Crippen LogP contribution in [0.3, 0.4) is 0 Å². The van der Waals surface area contributed by atoms with Crippen molar-refractivity contribution in [2.75, 3.05) is 6.54 Å². The third kappa shape index (κ3) is 2.01. The van der Waals surface area contributed by atoms with E-state index in [0.717, 1.165) is 32.1 Å². The van der Waals surface area contributed by atoms with Crippen LogP contribution in [0.5, 0.6) is 0 Å². The topological polar surface area (TPSA) is 46.2 Å². The van der Waals surface area contributed by atoms with Crippen molar-refractivity contribution in [2.24, 2.45) is 23.0 Å². The van der Waals surface area contributed by atoms with Gasteiger partial charge >= 0.3 is 0 Å². The van der Waals surface area contributed by atoms with Crippen LogP contribution in [-0.2, 0) is 12.8 Å². The molecule has 0 saturated heterocycles. The molecule has 20 heavy (non-hydrogen) atoms. The first-order valence-corrected chi connectivity index (χ1v) is 7.99. The van der Waals surface area contributed by atoms with Gasteiger partial charge in [0.05, 0.1) is 5.60 Å². The van der Waals surface area contributed by atoms with Crippen LogP contribution in [0, 0.1) is 17.3 Å². The minimum absolute atomic E-state index is 0.148. The van der Waals surface area contributed by atoms with E-state index in [9.17, 15) is 5.11 Å². The van der Waals surface area contributed by atoms with Gasteiger partial charge in [-0.1, -0.05) is 38.1 Å². The van der Waals surface area contributed by atoms with Crippen LogP contribution >= 0.6 is 0 Å². The molecule has 2 aliphatic carbocycles. The van der Waals surface area contributed by atoms with Gasteiger partial charge in [0.2, 0.25) is 0 Å². The summed E-state index contributed by atoms with van der Waals surface area (Å²) in [5.74, 6) is 1.30. The minimum atomic E-state index is -0.591. The molecule has 0 bridgehead atoms. The van der Waals surface area contributed by atoms with Gasteiger partial charge in [-0.05, 0) is 55.1 Å². The maximum Gasteiger partial charge on any atom is 0.0724 e. The fourth-order valence-electron chi connectivity index (χ4n) is 4.43. The van der Waals surface area contributed by atoms with Crippen LogP contribution in [0.15, 0.2) is 24.3 Å². The van der Waals surface area contributed by atoms with Crippen molar-refractivity contribution in [3.63, 3.8) is 0 Å². The standard InChI is InChI=1S/C18H27NO/c1-13-7-8-18(20,9-14(13)2)17(12-19)10-15-5-3-4-6-16(15)11-17/h3-6,13-14,20H,7-12,19H2,1-2H3. The molecular weight excluding hydrogens is 246 g/mol.